The highest BCUT2D eigenvalue weighted by Gasteiger charge is 2.41. The first kappa shape index (κ1) is 13.0. The van der Waals surface area contributed by atoms with E-state index in [0.717, 1.165) is 19.4 Å². The van der Waals surface area contributed by atoms with E-state index in [1.807, 2.05) is 0 Å². The molecular formula is C12H19N3O3. The second-order valence-corrected chi connectivity index (χ2v) is 5.11. The van der Waals surface area contributed by atoms with Crippen LogP contribution in [0.25, 0.3) is 0 Å². The fourth-order valence-corrected chi connectivity index (χ4v) is 2.49. The van der Waals surface area contributed by atoms with Crippen LogP contribution in [-0.4, -0.2) is 47.3 Å². The maximum Gasteiger partial charge on any atom is 0.252 e. The zero-order valence-electron chi connectivity index (χ0n) is 10.7. The van der Waals surface area contributed by atoms with E-state index in [4.69, 9.17) is 0 Å². The van der Waals surface area contributed by atoms with Gasteiger partial charge in [0.1, 0.15) is 6.04 Å². The minimum absolute atomic E-state index is 0.0788. The number of hydrogen-bond acceptors (Lipinski definition) is 4. The van der Waals surface area contributed by atoms with Crippen LogP contribution >= 0.6 is 0 Å². The van der Waals surface area contributed by atoms with Gasteiger partial charge in [0.05, 0.1) is 12.5 Å². The van der Waals surface area contributed by atoms with Crippen LogP contribution in [0.1, 0.15) is 33.1 Å². The fourth-order valence-electron chi connectivity index (χ4n) is 2.49. The van der Waals surface area contributed by atoms with Crippen LogP contribution in [0.5, 0.6) is 0 Å². The molecule has 0 aromatic carbocycles. The summed E-state index contributed by atoms with van der Waals surface area (Å²) in [6.07, 6.45) is 1.83. The summed E-state index contributed by atoms with van der Waals surface area (Å²) in [7, 11) is 0. The summed E-state index contributed by atoms with van der Waals surface area (Å²) in [5.74, 6) is -0.676. The summed E-state index contributed by atoms with van der Waals surface area (Å²) >= 11 is 0. The predicted molar refractivity (Wildman–Crippen MR) is 64.6 cm³/mol. The molecule has 0 spiro atoms. The standard InChI is InChI=1S/C12H19N3O3/c1-7(2)15-10(16)6-9(12(15)18)14-11(17)8-4-3-5-13-8/h7-9,13H,3-6H2,1-2H3,(H,14,17). The SMILES string of the molecule is CC(C)N1C(=O)CC(NC(=O)C2CCCN2)C1=O. The minimum Gasteiger partial charge on any atom is -0.342 e. The van der Waals surface area contributed by atoms with E-state index in [2.05, 4.69) is 10.6 Å². The number of carbonyl (C=O) groups is 3. The number of nitrogens with one attached hydrogen (secondary N) is 2. The van der Waals surface area contributed by atoms with Crippen molar-refractivity contribution in [1.82, 2.24) is 15.5 Å². The van der Waals surface area contributed by atoms with Crippen LogP contribution in [0.3, 0.4) is 0 Å². The van der Waals surface area contributed by atoms with Crippen molar-refractivity contribution in [2.75, 3.05) is 6.54 Å². The van der Waals surface area contributed by atoms with Gasteiger partial charge in [-0.05, 0) is 33.2 Å². The molecule has 18 heavy (non-hydrogen) atoms. The maximum atomic E-state index is 12.0. The molecule has 2 unspecified atom stereocenters. The van der Waals surface area contributed by atoms with Gasteiger partial charge in [-0.2, -0.15) is 0 Å². The lowest BCUT2D eigenvalue weighted by atomic mass is 10.2. The van der Waals surface area contributed by atoms with Crippen molar-refractivity contribution in [2.45, 2.75) is 51.2 Å². The summed E-state index contributed by atoms with van der Waals surface area (Å²) in [6.45, 7) is 4.41. The summed E-state index contributed by atoms with van der Waals surface area (Å²) in [6, 6.07) is -1.06. The van der Waals surface area contributed by atoms with Crippen molar-refractivity contribution in [1.29, 1.82) is 0 Å². The van der Waals surface area contributed by atoms with E-state index in [-0.39, 0.29) is 36.2 Å². The third-order valence-electron chi connectivity index (χ3n) is 3.39. The van der Waals surface area contributed by atoms with Gasteiger partial charge in [0.2, 0.25) is 11.8 Å². The van der Waals surface area contributed by atoms with Crippen molar-refractivity contribution >= 4 is 17.7 Å². The van der Waals surface area contributed by atoms with E-state index in [0.29, 0.717) is 0 Å². The lowest BCUT2D eigenvalue weighted by Crippen LogP contribution is -2.48. The molecule has 0 saturated carbocycles. The third-order valence-corrected chi connectivity index (χ3v) is 3.39. The highest BCUT2D eigenvalue weighted by Crippen LogP contribution is 2.16. The second kappa shape index (κ2) is 5.06. The van der Waals surface area contributed by atoms with Crippen LogP contribution in [0.2, 0.25) is 0 Å². The Morgan fingerprint density at radius 2 is 2.17 bits per heavy atom. The number of rotatable bonds is 3. The molecule has 0 aliphatic carbocycles. The quantitative estimate of drug-likeness (QED) is 0.658. The zero-order valence-corrected chi connectivity index (χ0v) is 10.7. The molecule has 2 atom stereocenters. The van der Waals surface area contributed by atoms with Gasteiger partial charge in [-0.25, -0.2) is 0 Å². The molecule has 3 amide bonds. The maximum absolute atomic E-state index is 12.0. The Bertz CT molecular complexity index is 375. The highest BCUT2D eigenvalue weighted by atomic mass is 16.2. The molecule has 0 radical (unpaired) electrons. The summed E-state index contributed by atoms with van der Waals surface area (Å²) in [5, 5.41) is 5.74. The number of nitrogens with zero attached hydrogens (tertiary/aromatic N) is 1. The molecule has 2 heterocycles. The van der Waals surface area contributed by atoms with Crippen LogP contribution < -0.4 is 10.6 Å². The van der Waals surface area contributed by atoms with E-state index < -0.39 is 6.04 Å². The van der Waals surface area contributed by atoms with Gasteiger partial charge in [-0.15, -0.1) is 0 Å². The number of amides is 3. The van der Waals surface area contributed by atoms with Crippen LogP contribution in [-0.2, 0) is 14.4 Å². The first-order valence-electron chi connectivity index (χ1n) is 6.40. The van der Waals surface area contributed by atoms with Crippen molar-refractivity contribution in [3.05, 3.63) is 0 Å². The van der Waals surface area contributed by atoms with Gasteiger partial charge in [0.25, 0.3) is 5.91 Å². The lowest BCUT2D eigenvalue weighted by molar-refractivity contribution is -0.141. The molecular weight excluding hydrogens is 234 g/mol. The van der Waals surface area contributed by atoms with Crippen LogP contribution in [0.15, 0.2) is 0 Å². The van der Waals surface area contributed by atoms with Gasteiger partial charge < -0.3 is 10.6 Å². The Kier molecular flexibility index (Phi) is 3.65. The summed E-state index contributed by atoms with van der Waals surface area (Å²) in [5.41, 5.74) is 0. The predicted octanol–water partition coefficient (Wildman–Crippen LogP) is -0.609. The fraction of sp³-hybridized carbons (Fsp3) is 0.750. The normalized spacial score (nSPS) is 28.3. The topological polar surface area (TPSA) is 78.5 Å². The highest BCUT2D eigenvalue weighted by molar-refractivity contribution is 6.07. The van der Waals surface area contributed by atoms with Gasteiger partial charge in [-0.3, -0.25) is 19.3 Å². The number of hydrogen-bond donors (Lipinski definition) is 2. The van der Waals surface area contributed by atoms with Crippen LogP contribution in [0, 0.1) is 0 Å². The molecule has 0 aromatic rings. The minimum atomic E-state index is -0.685. The summed E-state index contributed by atoms with van der Waals surface area (Å²) < 4.78 is 0. The monoisotopic (exact) mass is 253 g/mol. The molecule has 2 saturated heterocycles. The Morgan fingerprint density at radius 3 is 2.67 bits per heavy atom. The van der Waals surface area contributed by atoms with E-state index >= 15 is 0 Å². The zero-order chi connectivity index (χ0) is 13.3. The van der Waals surface area contributed by atoms with Gasteiger partial charge >= 0.3 is 0 Å². The number of carbonyl (C=O) groups excluding carboxylic acids is 3. The van der Waals surface area contributed by atoms with Gasteiger partial charge in [0.15, 0.2) is 0 Å². The van der Waals surface area contributed by atoms with Crippen molar-refractivity contribution in [3.8, 4) is 0 Å². The Labute approximate surface area is 106 Å². The molecule has 2 N–H and O–H groups in total. The molecule has 2 rings (SSSR count). The second-order valence-electron chi connectivity index (χ2n) is 5.11. The molecule has 2 aliphatic heterocycles. The van der Waals surface area contributed by atoms with E-state index in [1.165, 1.54) is 4.90 Å². The van der Waals surface area contributed by atoms with Crippen molar-refractivity contribution in [2.24, 2.45) is 0 Å². The molecule has 2 fully saturated rings. The Balaban J connectivity index is 1.96. The number of likely N-dealkylation sites (tertiary alicyclic amines) is 1. The smallest absolute Gasteiger partial charge is 0.252 e. The molecule has 0 aromatic heterocycles. The first-order chi connectivity index (χ1) is 8.50. The van der Waals surface area contributed by atoms with E-state index in [9.17, 15) is 14.4 Å². The first-order valence-corrected chi connectivity index (χ1v) is 6.40. The van der Waals surface area contributed by atoms with Crippen molar-refractivity contribution < 1.29 is 14.4 Å². The lowest BCUT2D eigenvalue weighted by Gasteiger charge is -2.19. The molecule has 100 valence electrons. The average Bonchev–Trinajstić information content (AvgIpc) is 2.88. The Hall–Kier alpha value is -1.43. The van der Waals surface area contributed by atoms with Gasteiger partial charge in [-0.1, -0.05) is 0 Å². The third kappa shape index (κ3) is 2.38. The molecule has 2 aliphatic rings. The number of imide groups is 1. The average molecular weight is 253 g/mol. The van der Waals surface area contributed by atoms with Crippen molar-refractivity contribution in [3.63, 3.8) is 0 Å². The van der Waals surface area contributed by atoms with E-state index in [1.54, 1.807) is 13.8 Å². The molecule has 6 heteroatoms. The molecule has 0 bridgehead atoms. The summed E-state index contributed by atoms with van der Waals surface area (Å²) in [4.78, 5) is 36.8. The van der Waals surface area contributed by atoms with Crippen LogP contribution in [0.4, 0.5) is 0 Å². The Morgan fingerprint density at radius 1 is 1.44 bits per heavy atom. The van der Waals surface area contributed by atoms with Gasteiger partial charge in [0, 0.05) is 6.04 Å². The molecule has 6 nitrogen and oxygen atoms in total. The largest absolute Gasteiger partial charge is 0.342 e.